The van der Waals surface area contributed by atoms with Gasteiger partial charge in [0.1, 0.15) is 0 Å². The Hall–Kier alpha value is -0.0800. The molecule has 2 nitrogen and oxygen atoms in total. The molecule has 0 aromatic carbocycles. The maximum Gasteiger partial charge on any atom is 0.00696 e. The summed E-state index contributed by atoms with van der Waals surface area (Å²) >= 11 is 0. The first-order valence-electron chi connectivity index (χ1n) is 7.18. The van der Waals surface area contributed by atoms with E-state index in [4.69, 9.17) is 0 Å². The van der Waals surface area contributed by atoms with Gasteiger partial charge in [-0.1, -0.05) is 19.3 Å². The molecule has 1 saturated heterocycles. The van der Waals surface area contributed by atoms with Gasteiger partial charge in [-0.2, -0.15) is 0 Å². The third-order valence-corrected chi connectivity index (χ3v) is 4.57. The molecule has 0 bridgehead atoms. The van der Waals surface area contributed by atoms with Gasteiger partial charge in [0, 0.05) is 12.6 Å². The van der Waals surface area contributed by atoms with Crippen LogP contribution in [0.1, 0.15) is 45.4 Å². The Kier molecular flexibility index (Phi) is 4.66. The summed E-state index contributed by atoms with van der Waals surface area (Å²) in [5.41, 5.74) is 0. The first-order chi connectivity index (χ1) is 7.79. The van der Waals surface area contributed by atoms with E-state index < -0.39 is 0 Å². The van der Waals surface area contributed by atoms with Gasteiger partial charge in [0.15, 0.2) is 0 Å². The predicted molar refractivity (Wildman–Crippen MR) is 69.6 cm³/mol. The van der Waals surface area contributed by atoms with Gasteiger partial charge in [-0.05, 0) is 58.2 Å². The summed E-state index contributed by atoms with van der Waals surface area (Å²) in [5, 5.41) is 3.33. The normalized spacial score (nSPS) is 30.0. The van der Waals surface area contributed by atoms with Crippen LogP contribution in [0.5, 0.6) is 0 Å². The Morgan fingerprint density at radius 1 is 1.19 bits per heavy atom. The fraction of sp³-hybridized carbons (Fsp3) is 1.00. The van der Waals surface area contributed by atoms with Crippen LogP contribution in [0.15, 0.2) is 0 Å². The zero-order chi connectivity index (χ0) is 11.4. The van der Waals surface area contributed by atoms with Gasteiger partial charge >= 0.3 is 0 Å². The lowest BCUT2D eigenvalue weighted by molar-refractivity contribution is 0.103. The molecule has 2 unspecified atom stereocenters. The molecule has 2 aliphatic rings. The first kappa shape index (κ1) is 12.4. The van der Waals surface area contributed by atoms with E-state index in [1.54, 1.807) is 0 Å². The minimum atomic E-state index is 0.824. The van der Waals surface area contributed by atoms with E-state index in [2.05, 4.69) is 24.2 Å². The van der Waals surface area contributed by atoms with Crippen LogP contribution in [0.2, 0.25) is 0 Å². The summed E-state index contributed by atoms with van der Waals surface area (Å²) < 4.78 is 0. The molecule has 2 fully saturated rings. The minimum absolute atomic E-state index is 0.824. The van der Waals surface area contributed by atoms with Crippen molar-refractivity contribution in [3.63, 3.8) is 0 Å². The number of nitrogens with one attached hydrogen (secondary N) is 1. The summed E-state index contributed by atoms with van der Waals surface area (Å²) in [6.45, 7) is 6.32. The molecule has 2 atom stereocenters. The van der Waals surface area contributed by atoms with Crippen molar-refractivity contribution in [3.8, 4) is 0 Å². The smallest absolute Gasteiger partial charge is 0.00696 e. The number of hydrogen-bond donors (Lipinski definition) is 1. The van der Waals surface area contributed by atoms with E-state index in [1.165, 1.54) is 58.2 Å². The van der Waals surface area contributed by atoms with Crippen LogP contribution in [0.25, 0.3) is 0 Å². The van der Waals surface area contributed by atoms with Crippen molar-refractivity contribution >= 4 is 0 Å². The van der Waals surface area contributed by atoms with Crippen LogP contribution in [0, 0.1) is 11.8 Å². The molecule has 1 heterocycles. The summed E-state index contributed by atoms with van der Waals surface area (Å²) in [6, 6.07) is 0.824. The minimum Gasteiger partial charge on any atom is -0.319 e. The second-order valence-corrected chi connectivity index (χ2v) is 5.94. The van der Waals surface area contributed by atoms with E-state index in [9.17, 15) is 0 Å². The molecule has 0 aromatic rings. The zero-order valence-electron chi connectivity index (χ0n) is 11.0. The van der Waals surface area contributed by atoms with Crippen molar-refractivity contribution in [2.75, 3.05) is 26.7 Å². The summed E-state index contributed by atoms with van der Waals surface area (Å²) in [4.78, 5) is 2.74. The lowest BCUT2D eigenvalue weighted by Crippen LogP contribution is -2.44. The molecule has 1 aliphatic carbocycles. The van der Waals surface area contributed by atoms with Gasteiger partial charge < -0.3 is 10.2 Å². The fourth-order valence-electron chi connectivity index (χ4n) is 3.31. The first-order valence-corrected chi connectivity index (χ1v) is 7.18. The molecule has 0 aromatic heterocycles. The van der Waals surface area contributed by atoms with Crippen LogP contribution in [0.4, 0.5) is 0 Å². The van der Waals surface area contributed by atoms with Crippen LogP contribution < -0.4 is 5.32 Å². The Bertz CT molecular complexity index is 199. The third-order valence-electron chi connectivity index (χ3n) is 4.57. The van der Waals surface area contributed by atoms with Crippen molar-refractivity contribution in [1.82, 2.24) is 10.2 Å². The lowest BCUT2D eigenvalue weighted by atomic mass is 9.80. The number of hydrogen-bond acceptors (Lipinski definition) is 2. The highest BCUT2D eigenvalue weighted by molar-refractivity contribution is 4.81. The predicted octanol–water partition coefficient (Wildman–Crippen LogP) is 2.50. The third kappa shape index (κ3) is 3.21. The Balaban J connectivity index is 1.73. The van der Waals surface area contributed by atoms with Gasteiger partial charge in [0.05, 0.1) is 0 Å². The second-order valence-electron chi connectivity index (χ2n) is 5.94. The Morgan fingerprint density at radius 2 is 1.94 bits per heavy atom. The lowest BCUT2D eigenvalue weighted by Gasteiger charge is -2.39. The van der Waals surface area contributed by atoms with Crippen molar-refractivity contribution in [3.05, 3.63) is 0 Å². The summed E-state index contributed by atoms with van der Waals surface area (Å²) in [7, 11) is 2.08. The van der Waals surface area contributed by atoms with E-state index in [-0.39, 0.29) is 0 Å². The molecular formula is C14H28N2. The molecule has 1 saturated carbocycles. The van der Waals surface area contributed by atoms with Crippen molar-refractivity contribution in [2.45, 2.75) is 51.5 Å². The molecule has 16 heavy (non-hydrogen) atoms. The molecule has 94 valence electrons. The van der Waals surface area contributed by atoms with Crippen LogP contribution in [0.3, 0.4) is 0 Å². The summed E-state index contributed by atoms with van der Waals surface area (Å²) in [6.07, 6.45) is 8.76. The molecular weight excluding hydrogens is 196 g/mol. The molecule has 0 amide bonds. The quantitative estimate of drug-likeness (QED) is 0.772. The summed E-state index contributed by atoms with van der Waals surface area (Å²) in [5.74, 6) is 1.95. The van der Waals surface area contributed by atoms with Gasteiger partial charge in [-0.25, -0.2) is 0 Å². The largest absolute Gasteiger partial charge is 0.319 e. The molecule has 0 spiro atoms. The monoisotopic (exact) mass is 224 g/mol. The van der Waals surface area contributed by atoms with Gasteiger partial charge in [0.2, 0.25) is 0 Å². The van der Waals surface area contributed by atoms with Crippen molar-refractivity contribution in [1.29, 1.82) is 0 Å². The SMILES string of the molecule is CNCC1CCCN(C(C)CC2CCC2)C1. The number of nitrogens with zero attached hydrogens (tertiary/aromatic N) is 1. The molecule has 1 aliphatic heterocycles. The Morgan fingerprint density at radius 3 is 2.56 bits per heavy atom. The maximum atomic E-state index is 3.33. The van der Waals surface area contributed by atoms with E-state index in [0.717, 1.165) is 17.9 Å². The van der Waals surface area contributed by atoms with Crippen LogP contribution in [-0.2, 0) is 0 Å². The van der Waals surface area contributed by atoms with Gasteiger partial charge in [0.25, 0.3) is 0 Å². The van der Waals surface area contributed by atoms with E-state index in [0.29, 0.717) is 0 Å². The zero-order valence-corrected chi connectivity index (χ0v) is 11.0. The topological polar surface area (TPSA) is 15.3 Å². The van der Waals surface area contributed by atoms with E-state index in [1.807, 2.05) is 0 Å². The average molecular weight is 224 g/mol. The number of piperidine rings is 1. The molecule has 1 N–H and O–H groups in total. The highest BCUT2D eigenvalue weighted by Gasteiger charge is 2.26. The number of rotatable bonds is 5. The Labute approximate surface area is 101 Å². The van der Waals surface area contributed by atoms with E-state index >= 15 is 0 Å². The highest BCUT2D eigenvalue weighted by Crippen LogP contribution is 2.32. The van der Waals surface area contributed by atoms with Gasteiger partial charge in [-0.3, -0.25) is 0 Å². The van der Waals surface area contributed by atoms with Crippen molar-refractivity contribution in [2.24, 2.45) is 11.8 Å². The molecule has 2 heteroatoms. The molecule has 2 rings (SSSR count). The van der Waals surface area contributed by atoms with Crippen LogP contribution >= 0.6 is 0 Å². The number of likely N-dealkylation sites (tertiary alicyclic amines) is 1. The standard InChI is InChI=1S/C14H28N2/c1-12(9-13-5-3-6-13)16-8-4-7-14(11-16)10-15-2/h12-15H,3-11H2,1-2H3. The fourth-order valence-corrected chi connectivity index (χ4v) is 3.31. The highest BCUT2D eigenvalue weighted by atomic mass is 15.2. The average Bonchev–Trinajstić information content (AvgIpc) is 2.24. The van der Waals surface area contributed by atoms with Crippen LogP contribution in [-0.4, -0.2) is 37.6 Å². The molecule has 0 radical (unpaired) electrons. The van der Waals surface area contributed by atoms with Gasteiger partial charge in [-0.15, -0.1) is 0 Å². The maximum absolute atomic E-state index is 3.33. The van der Waals surface area contributed by atoms with Crippen molar-refractivity contribution < 1.29 is 0 Å². The second kappa shape index (κ2) is 6.02.